The van der Waals surface area contributed by atoms with E-state index in [4.69, 9.17) is 10.5 Å². The van der Waals surface area contributed by atoms with Crippen LogP contribution in [0.1, 0.15) is 72.6 Å². The molecule has 1 aliphatic carbocycles. The highest BCUT2D eigenvalue weighted by Crippen LogP contribution is 2.36. The number of carbonyl (C=O) groups is 1. The molecule has 112 valence electrons. The fourth-order valence-corrected chi connectivity index (χ4v) is 2.63. The van der Waals surface area contributed by atoms with E-state index < -0.39 is 0 Å². The number of nitrogens with two attached hydrogens (primary N) is 1. The maximum atomic E-state index is 12.0. The van der Waals surface area contributed by atoms with Crippen LogP contribution in [0.5, 0.6) is 0 Å². The van der Waals surface area contributed by atoms with Gasteiger partial charge in [-0.15, -0.1) is 0 Å². The van der Waals surface area contributed by atoms with Gasteiger partial charge in [-0.25, -0.2) is 0 Å². The number of hydrogen-bond acceptors (Lipinski definition) is 3. The van der Waals surface area contributed by atoms with Crippen LogP contribution in [0.4, 0.5) is 0 Å². The van der Waals surface area contributed by atoms with Crippen molar-refractivity contribution in [3.05, 3.63) is 0 Å². The molecule has 1 aliphatic rings. The van der Waals surface area contributed by atoms with E-state index in [1.807, 2.05) is 13.8 Å². The van der Waals surface area contributed by atoms with Gasteiger partial charge >= 0.3 is 5.97 Å². The number of ether oxygens (including phenoxy) is 1. The lowest BCUT2D eigenvalue weighted by molar-refractivity contribution is -0.156. The fourth-order valence-electron chi connectivity index (χ4n) is 2.63. The van der Waals surface area contributed by atoms with E-state index in [1.165, 1.54) is 0 Å². The molecule has 0 spiro atoms. The van der Waals surface area contributed by atoms with Crippen LogP contribution < -0.4 is 5.73 Å². The summed E-state index contributed by atoms with van der Waals surface area (Å²) < 4.78 is 5.63. The van der Waals surface area contributed by atoms with Gasteiger partial charge in [-0.05, 0) is 50.9 Å². The van der Waals surface area contributed by atoms with Crippen molar-refractivity contribution in [2.75, 3.05) is 0 Å². The predicted octanol–water partition coefficient (Wildman–Crippen LogP) is 3.65. The largest absolute Gasteiger partial charge is 0.462 e. The third-order valence-electron chi connectivity index (χ3n) is 4.27. The van der Waals surface area contributed by atoms with Crippen LogP contribution in [0.2, 0.25) is 0 Å². The van der Waals surface area contributed by atoms with Gasteiger partial charge in [0.2, 0.25) is 0 Å². The Hall–Kier alpha value is -0.570. The van der Waals surface area contributed by atoms with Gasteiger partial charge in [-0.1, -0.05) is 27.2 Å². The van der Waals surface area contributed by atoms with Crippen molar-refractivity contribution >= 4 is 5.97 Å². The van der Waals surface area contributed by atoms with E-state index in [-0.39, 0.29) is 24.0 Å². The molecule has 1 rings (SSSR count). The summed E-state index contributed by atoms with van der Waals surface area (Å²) in [6.45, 7) is 8.56. The highest BCUT2D eigenvalue weighted by atomic mass is 16.5. The van der Waals surface area contributed by atoms with E-state index in [0.29, 0.717) is 5.41 Å². The molecular formula is C16H31NO2. The predicted molar refractivity (Wildman–Crippen MR) is 78.8 cm³/mol. The molecule has 1 saturated carbocycles. The minimum atomic E-state index is -0.0191. The molecule has 0 heterocycles. The Labute approximate surface area is 118 Å². The minimum Gasteiger partial charge on any atom is -0.462 e. The Balaban J connectivity index is 2.23. The van der Waals surface area contributed by atoms with E-state index in [2.05, 4.69) is 13.8 Å². The molecule has 0 aliphatic heterocycles. The molecule has 0 bridgehead atoms. The van der Waals surface area contributed by atoms with Crippen LogP contribution in [-0.4, -0.2) is 18.1 Å². The van der Waals surface area contributed by atoms with Crippen LogP contribution >= 0.6 is 0 Å². The molecule has 0 radical (unpaired) electrons. The number of carbonyl (C=O) groups excluding carboxylic acids is 1. The Kier molecular flexibility index (Phi) is 6.31. The van der Waals surface area contributed by atoms with Crippen LogP contribution in [0, 0.1) is 11.3 Å². The second-order valence-electron chi connectivity index (χ2n) is 7.11. The molecule has 3 nitrogen and oxygen atoms in total. The molecule has 0 amide bonds. The molecule has 0 aromatic heterocycles. The number of esters is 1. The molecule has 0 aromatic carbocycles. The van der Waals surface area contributed by atoms with E-state index >= 15 is 0 Å². The second-order valence-corrected chi connectivity index (χ2v) is 7.11. The lowest BCUT2D eigenvalue weighted by Gasteiger charge is -2.34. The third-order valence-corrected chi connectivity index (χ3v) is 4.27. The van der Waals surface area contributed by atoms with Gasteiger partial charge in [0, 0.05) is 6.04 Å². The average Bonchev–Trinajstić information content (AvgIpc) is 2.31. The lowest BCUT2D eigenvalue weighted by Crippen LogP contribution is -2.30. The highest BCUT2D eigenvalue weighted by molar-refractivity contribution is 5.72. The molecule has 0 aromatic rings. The van der Waals surface area contributed by atoms with Gasteiger partial charge in [0.05, 0.1) is 5.92 Å². The zero-order valence-corrected chi connectivity index (χ0v) is 13.1. The van der Waals surface area contributed by atoms with Crippen molar-refractivity contribution in [1.82, 2.24) is 0 Å². The first-order chi connectivity index (χ1) is 8.80. The summed E-state index contributed by atoms with van der Waals surface area (Å²) in [5, 5.41) is 0. The van der Waals surface area contributed by atoms with E-state index in [0.717, 1.165) is 44.9 Å². The SMILES string of the molecule is CC(N)CCCC(C)C(=O)OC1CCC(C)(C)CC1. The molecule has 2 unspecified atom stereocenters. The monoisotopic (exact) mass is 269 g/mol. The summed E-state index contributed by atoms with van der Waals surface area (Å²) in [4.78, 5) is 12.0. The summed E-state index contributed by atoms with van der Waals surface area (Å²) in [5.41, 5.74) is 6.14. The molecule has 0 saturated heterocycles. The van der Waals surface area contributed by atoms with Gasteiger partial charge in [0.15, 0.2) is 0 Å². The highest BCUT2D eigenvalue weighted by Gasteiger charge is 2.29. The van der Waals surface area contributed by atoms with Crippen LogP contribution in [0.15, 0.2) is 0 Å². The Morgan fingerprint density at radius 1 is 1.26 bits per heavy atom. The summed E-state index contributed by atoms with van der Waals surface area (Å²) in [6, 6.07) is 0.226. The van der Waals surface area contributed by atoms with Crippen LogP contribution in [0.25, 0.3) is 0 Å². The zero-order valence-electron chi connectivity index (χ0n) is 13.1. The molecule has 19 heavy (non-hydrogen) atoms. The summed E-state index contributed by atoms with van der Waals surface area (Å²) in [7, 11) is 0. The standard InChI is InChI=1S/C16H31NO2/c1-12(6-5-7-13(2)17)15(18)19-14-8-10-16(3,4)11-9-14/h12-14H,5-11,17H2,1-4H3. The normalized spacial score (nSPS) is 22.8. The topological polar surface area (TPSA) is 52.3 Å². The van der Waals surface area contributed by atoms with Gasteiger partial charge in [-0.3, -0.25) is 4.79 Å². The van der Waals surface area contributed by atoms with Gasteiger partial charge in [-0.2, -0.15) is 0 Å². The third kappa shape index (κ3) is 6.42. The summed E-state index contributed by atoms with van der Waals surface area (Å²) in [6.07, 6.45) is 7.38. The first-order valence-electron chi connectivity index (χ1n) is 7.76. The molecule has 2 N–H and O–H groups in total. The van der Waals surface area contributed by atoms with Crippen LogP contribution in [0.3, 0.4) is 0 Å². The maximum absolute atomic E-state index is 12.0. The Morgan fingerprint density at radius 3 is 2.37 bits per heavy atom. The quantitative estimate of drug-likeness (QED) is 0.749. The first kappa shape index (κ1) is 16.5. The van der Waals surface area contributed by atoms with Gasteiger partial charge in [0.1, 0.15) is 6.10 Å². The molecule has 3 heteroatoms. The molecule has 2 atom stereocenters. The van der Waals surface area contributed by atoms with Gasteiger partial charge < -0.3 is 10.5 Å². The number of hydrogen-bond donors (Lipinski definition) is 1. The fraction of sp³-hybridized carbons (Fsp3) is 0.938. The first-order valence-corrected chi connectivity index (χ1v) is 7.76. The van der Waals surface area contributed by atoms with Crippen molar-refractivity contribution in [3.8, 4) is 0 Å². The van der Waals surface area contributed by atoms with E-state index in [1.54, 1.807) is 0 Å². The smallest absolute Gasteiger partial charge is 0.308 e. The maximum Gasteiger partial charge on any atom is 0.308 e. The Morgan fingerprint density at radius 2 is 1.84 bits per heavy atom. The van der Waals surface area contributed by atoms with E-state index in [9.17, 15) is 4.79 Å². The van der Waals surface area contributed by atoms with Crippen LogP contribution in [-0.2, 0) is 9.53 Å². The minimum absolute atomic E-state index is 0.00804. The Bertz CT molecular complexity index is 276. The summed E-state index contributed by atoms with van der Waals surface area (Å²) in [5.74, 6) is -0.0110. The van der Waals surface area contributed by atoms with Crippen molar-refractivity contribution < 1.29 is 9.53 Å². The number of rotatable bonds is 6. The second kappa shape index (κ2) is 7.28. The zero-order chi connectivity index (χ0) is 14.5. The molecule has 1 fully saturated rings. The van der Waals surface area contributed by atoms with Crippen molar-refractivity contribution in [2.45, 2.75) is 84.8 Å². The average molecular weight is 269 g/mol. The summed E-state index contributed by atoms with van der Waals surface area (Å²) >= 11 is 0. The molecular weight excluding hydrogens is 238 g/mol. The lowest BCUT2D eigenvalue weighted by atomic mass is 9.76. The van der Waals surface area contributed by atoms with Crippen molar-refractivity contribution in [2.24, 2.45) is 17.1 Å². The van der Waals surface area contributed by atoms with Crippen molar-refractivity contribution in [1.29, 1.82) is 0 Å². The van der Waals surface area contributed by atoms with Gasteiger partial charge in [0.25, 0.3) is 0 Å². The van der Waals surface area contributed by atoms with Crippen molar-refractivity contribution in [3.63, 3.8) is 0 Å².